The van der Waals surface area contributed by atoms with E-state index in [-0.39, 0.29) is 104 Å². The summed E-state index contributed by atoms with van der Waals surface area (Å²) in [7, 11) is 1.42. The summed E-state index contributed by atoms with van der Waals surface area (Å²) >= 11 is 14.5. The normalized spacial score (nSPS) is 30.9. The standard InChI is InChI=1S/C88H101Cl2N7O25/c1-7-41(18-37(2)3)82(111)96-73-60(102)27-48(30-68(105)93-87(115)92-49-11-13-51(116-6)14-12-49)83(112)94-71-47-28-65(118-63-16-9-43(75(73)106)25-56(63)89)79(122-86-80(78(109)77(108)67(36-98)120-86)121-69-35-88(5,91)81(110)38(4)117-69)66(29-47)119-64-17-10-44(26-57(64)90)76(107)74-85(114)95-72(62(104)33-52-45-20-39-19-40(22-45)23-46(52)21-39)55-31-50(99)32-59(101)70(55)54-24-42(8-15-58(54)100)53(34-61(71)103)84(113)97-74/h8-17,24-26,28-29,31-32,37-41,45-46,48,52-53,67,69,71-78,80-81,86,98-101,106-110H,7,18-23,27,30,33-36,91H2,1-6H3,(H,94,112)(H,95,114)(H,96,111)(H,97,113)(H2,92,93,105,115)/t38-,39?,40?,41+,45?,46?,48-,52?,53+,67+,69-,71+,72-,73-,74-,75+,76+,77+,78-,80+,81+,86-,88-/m0/s1. The number of ketones is 3. The van der Waals surface area contributed by atoms with Crippen molar-refractivity contribution in [1.82, 2.24) is 26.6 Å². The SMILES string of the molecule is CC[C@H](CC(C)C)C(=O)N[C@H]1C(=O)C[C@@H](CC(=O)NC(=O)Nc2ccc(OC)cc2)C(=O)N[C@H]2C(=O)C[C@H]3C(=O)N[C@H](C(=O)N[C@H](C(=O)CC4C5CC6CC(C5)CC4C6)c4cc(O)cc(O)c4-c4cc3ccc4O)[C@H](O)c3ccc(c(Cl)c3)Oc3cc2cc(c3O[C@@H]2O[C@H](CO)[C@@H](O)[C@H](O)[C@H]2O[C@H]2C[C@](C)(N)[C@H](O)[C@H](C)O2)Oc2ccc(cc2Cl)[C@H]1O. The Labute approximate surface area is 711 Å². The van der Waals surface area contributed by atoms with E-state index in [4.69, 9.17) is 62.1 Å². The number of phenols is 3. The lowest BCUT2D eigenvalue weighted by Gasteiger charge is -2.54. The Morgan fingerprint density at radius 2 is 1.33 bits per heavy atom. The van der Waals surface area contributed by atoms with Crippen LogP contribution < -0.4 is 56.6 Å². The van der Waals surface area contributed by atoms with E-state index >= 15 is 28.8 Å². The first-order chi connectivity index (χ1) is 58.0. The molecule has 4 saturated carbocycles. The van der Waals surface area contributed by atoms with Gasteiger partial charge in [0.25, 0.3) is 0 Å². The summed E-state index contributed by atoms with van der Waals surface area (Å²) in [6, 6.07) is 11.9. The number of carbonyl (C=O) groups is 9. The Kier molecular flexibility index (Phi) is 26.3. The zero-order valence-corrected chi connectivity index (χ0v) is 69.2. The predicted octanol–water partition coefficient (Wildman–Crippen LogP) is 8.34. The van der Waals surface area contributed by atoms with Crippen molar-refractivity contribution in [3.63, 3.8) is 0 Å². The zero-order chi connectivity index (χ0) is 87.4. The fourth-order valence-electron chi connectivity index (χ4n) is 19.0. The largest absolute Gasteiger partial charge is 0.508 e. The molecule has 7 aliphatic heterocycles. The van der Waals surface area contributed by atoms with Crippen molar-refractivity contribution < 1.29 is 122 Å². The van der Waals surface area contributed by atoms with Gasteiger partial charge in [0.1, 0.15) is 89.2 Å². The van der Waals surface area contributed by atoms with Gasteiger partial charge in [-0.15, -0.1) is 0 Å². The van der Waals surface area contributed by atoms with Gasteiger partial charge in [0.05, 0.1) is 47.8 Å². The Hall–Kier alpha value is -10.1. The summed E-state index contributed by atoms with van der Waals surface area (Å²) in [4.78, 5) is 139. The summed E-state index contributed by atoms with van der Waals surface area (Å²) in [5.74, 6) is -15.9. The lowest BCUT2D eigenvalue weighted by molar-refractivity contribution is -0.333. The second-order valence-corrected chi connectivity index (χ2v) is 35.1. The van der Waals surface area contributed by atoms with Crippen LogP contribution in [0.4, 0.5) is 10.5 Å². The number of amides is 7. The number of aliphatic hydroxyl groups is 6. The Morgan fingerprint density at radius 1 is 0.689 bits per heavy atom. The lowest BCUT2D eigenvalue weighted by atomic mass is 9.51. The third-order valence-corrected chi connectivity index (χ3v) is 25.7. The number of nitrogens with one attached hydrogen (secondary N) is 6. The number of Topliss-reactive ketones (excluding diaryl/α,β-unsaturated/α-hetero) is 3. The number of urea groups is 1. The molecule has 11 aliphatic rings. The Morgan fingerprint density at radius 3 is 1.93 bits per heavy atom. The van der Waals surface area contributed by atoms with Crippen LogP contribution in [-0.2, 0) is 52.6 Å². The molecule has 7 heterocycles. The molecular formula is C88H101Cl2N7O25. The van der Waals surface area contributed by atoms with Gasteiger partial charge in [0, 0.05) is 66.4 Å². The third kappa shape index (κ3) is 18.7. The summed E-state index contributed by atoms with van der Waals surface area (Å²) < 4.78 is 44.4. The second-order valence-electron chi connectivity index (χ2n) is 34.3. The van der Waals surface area contributed by atoms with Crippen LogP contribution in [0.1, 0.15) is 170 Å². The number of nitrogens with two attached hydrogens (primary N) is 1. The lowest BCUT2D eigenvalue weighted by Crippen LogP contribution is -2.64. The predicted molar refractivity (Wildman–Crippen MR) is 436 cm³/mol. The summed E-state index contributed by atoms with van der Waals surface area (Å²) in [5.41, 5.74) is 3.69. The van der Waals surface area contributed by atoms with E-state index in [1.165, 1.54) is 87.7 Å². The van der Waals surface area contributed by atoms with Gasteiger partial charge in [-0.25, -0.2) is 4.79 Å². The van der Waals surface area contributed by atoms with Gasteiger partial charge in [-0.05, 0) is 201 Å². The van der Waals surface area contributed by atoms with Crippen molar-refractivity contribution in [3.05, 3.63) is 141 Å². The number of benzene rings is 6. The molecule has 2 saturated heterocycles. The second kappa shape index (κ2) is 36.4. The quantitative estimate of drug-likeness (QED) is 0.0408. The summed E-state index contributed by atoms with van der Waals surface area (Å²) in [6.07, 6.45) is -15.6. The van der Waals surface area contributed by atoms with Crippen LogP contribution in [0.3, 0.4) is 0 Å². The summed E-state index contributed by atoms with van der Waals surface area (Å²) in [6.45, 7) is 7.56. The molecule has 18 atom stereocenters. The van der Waals surface area contributed by atoms with Crippen LogP contribution in [0.2, 0.25) is 10.0 Å². The number of imide groups is 1. The number of aliphatic hydroxyl groups excluding tert-OH is 6. The molecule has 0 spiro atoms. The minimum absolute atomic E-state index is 0.0534. The van der Waals surface area contributed by atoms with Crippen molar-refractivity contribution in [2.24, 2.45) is 53.1 Å². The molecule has 7 amide bonds. The molecule has 34 heteroatoms. The molecule has 17 N–H and O–H groups in total. The molecule has 652 valence electrons. The van der Waals surface area contributed by atoms with E-state index in [9.17, 15) is 60.3 Å². The number of rotatable bonds is 17. The van der Waals surface area contributed by atoms with E-state index < -0.39 is 228 Å². The number of hydrogen-bond donors (Lipinski definition) is 16. The molecule has 4 aliphatic carbocycles. The maximum atomic E-state index is 16.7. The van der Waals surface area contributed by atoms with Crippen LogP contribution >= 0.6 is 23.2 Å². The first-order valence-electron chi connectivity index (χ1n) is 41.0. The van der Waals surface area contributed by atoms with Crippen LogP contribution in [0, 0.1) is 47.3 Å². The van der Waals surface area contributed by atoms with Crippen molar-refractivity contribution >= 4 is 81.8 Å². The fourth-order valence-corrected chi connectivity index (χ4v) is 19.5. The van der Waals surface area contributed by atoms with Gasteiger partial charge >= 0.3 is 6.03 Å². The fraction of sp³-hybridized carbons (Fsp3) is 0.489. The van der Waals surface area contributed by atoms with Gasteiger partial charge in [-0.3, -0.25) is 43.7 Å². The Balaban J connectivity index is 0.965. The zero-order valence-electron chi connectivity index (χ0n) is 67.7. The highest BCUT2D eigenvalue weighted by Gasteiger charge is 2.53. The maximum Gasteiger partial charge on any atom is 0.325 e. The van der Waals surface area contributed by atoms with E-state index in [2.05, 4.69) is 31.9 Å². The number of carbonyl (C=O) groups excluding carboxylic acids is 9. The highest BCUT2D eigenvalue weighted by molar-refractivity contribution is 6.32. The van der Waals surface area contributed by atoms with Crippen LogP contribution in [0.25, 0.3) is 11.1 Å². The average molecular weight is 1730 g/mol. The van der Waals surface area contributed by atoms with Gasteiger partial charge in [-0.2, -0.15) is 0 Å². The number of phenolic OH excluding ortho intramolecular Hbond substituents is 3. The number of aromatic hydroxyl groups is 3. The molecule has 6 aromatic carbocycles. The van der Waals surface area contributed by atoms with E-state index in [0.29, 0.717) is 24.0 Å². The number of halogens is 2. The first kappa shape index (κ1) is 88.2. The number of methoxy groups -OCH3 is 1. The van der Waals surface area contributed by atoms with Gasteiger partial charge in [0.15, 0.2) is 41.2 Å². The molecule has 122 heavy (non-hydrogen) atoms. The van der Waals surface area contributed by atoms with Crippen molar-refractivity contribution in [3.8, 4) is 62.9 Å². The van der Waals surface area contributed by atoms with Crippen LogP contribution in [0.15, 0.2) is 103 Å². The molecule has 0 radical (unpaired) electrons. The Bertz CT molecular complexity index is 5000. The molecule has 0 aromatic heterocycles. The van der Waals surface area contributed by atoms with Gasteiger partial charge in [-0.1, -0.05) is 62.2 Å². The topological polar surface area (TPSA) is 499 Å². The van der Waals surface area contributed by atoms with E-state index in [1.54, 1.807) is 6.92 Å². The van der Waals surface area contributed by atoms with Gasteiger partial charge < -0.3 is 111 Å². The van der Waals surface area contributed by atoms with E-state index in [1.807, 2.05) is 13.8 Å². The van der Waals surface area contributed by atoms with Gasteiger partial charge in [0.2, 0.25) is 41.6 Å². The maximum absolute atomic E-state index is 16.7. The smallest absolute Gasteiger partial charge is 0.325 e. The van der Waals surface area contributed by atoms with Crippen LogP contribution in [0.5, 0.6) is 51.7 Å². The highest BCUT2D eigenvalue weighted by atomic mass is 35.5. The first-order valence-corrected chi connectivity index (χ1v) is 41.8. The minimum atomic E-state index is -2.26. The minimum Gasteiger partial charge on any atom is -0.508 e. The molecule has 32 nitrogen and oxygen atoms in total. The van der Waals surface area contributed by atoms with Crippen molar-refractivity contribution in [1.29, 1.82) is 0 Å². The highest BCUT2D eigenvalue weighted by Crippen LogP contribution is 2.59. The molecule has 0 unspecified atom stereocenters. The molecular weight excluding hydrogens is 1630 g/mol. The van der Waals surface area contributed by atoms with Crippen molar-refractivity contribution in [2.45, 2.75) is 209 Å². The molecule has 6 fully saturated rings. The monoisotopic (exact) mass is 1730 g/mol. The molecule has 17 rings (SSSR count). The number of anilines is 1. The van der Waals surface area contributed by atoms with Crippen LogP contribution in [-0.4, -0.2) is 179 Å². The number of ether oxygens (including phenoxy) is 7. The number of hydrogen-bond acceptors (Lipinski definition) is 26. The molecule has 15 bridgehead atoms. The average Bonchev–Trinajstić information content (AvgIpc) is 0.759. The van der Waals surface area contributed by atoms with E-state index in [0.717, 1.165) is 68.5 Å². The molecule has 6 aromatic rings. The van der Waals surface area contributed by atoms with Crippen molar-refractivity contribution in [2.75, 3.05) is 19.0 Å². The third-order valence-electron chi connectivity index (χ3n) is 25.1. The summed E-state index contributed by atoms with van der Waals surface area (Å²) in [5, 5.41) is 122. The number of fused-ring (bicyclic) bond motifs is 15.